The van der Waals surface area contributed by atoms with Gasteiger partial charge in [0.2, 0.25) is 5.91 Å². The zero-order valence-corrected chi connectivity index (χ0v) is 16.4. The Morgan fingerprint density at radius 3 is 2.54 bits per heavy atom. The SMILES string of the molecule is CC(NC(C)(C)CNC(=O)CC1CCCN1)c1ccccc1.Cl.Cl. The highest BCUT2D eigenvalue weighted by Gasteiger charge is 2.23. The molecule has 138 valence electrons. The normalized spacial score (nSPS) is 18.2. The summed E-state index contributed by atoms with van der Waals surface area (Å²) in [6.07, 6.45) is 2.88. The molecular formula is C18H31Cl2N3O. The molecule has 2 unspecified atom stereocenters. The molecule has 2 rings (SSSR count). The van der Waals surface area contributed by atoms with Crippen LogP contribution in [0.4, 0.5) is 0 Å². The molecule has 1 aromatic carbocycles. The fraction of sp³-hybridized carbons (Fsp3) is 0.611. The molecule has 24 heavy (non-hydrogen) atoms. The fourth-order valence-electron chi connectivity index (χ4n) is 3.01. The molecule has 1 fully saturated rings. The quantitative estimate of drug-likeness (QED) is 0.685. The van der Waals surface area contributed by atoms with E-state index in [-0.39, 0.29) is 42.3 Å². The Bertz CT molecular complexity index is 476. The Morgan fingerprint density at radius 2 is 1.96 bits per heavy atom. The molecule has 0 aliphatic carbocycles. The topological polar surface area (TPSA) is 53.2 Å². The summed E-state index contributed by atoms with van der Waals surface area (Å²) in [4.78, 5) is 12.0. The monoisotopic (exact) mass is 375 g/mol. The van der Waals surface area contributed by atoms with Gasteiger partial charge in [-0.25, -0.2) is 0 Å². The Hall–Kier alpha value is -0.810. The van der Waals surface area contributed by atoms with E-state index < -0.39 is 0 Å². The number of carbonyl (C=O) groups excluding carboxylic acids is 1. The van der Waals surface area contributed by atoms with Crippen molar-refractivity contribution >= 4 is 30.7 Å². The second-order valence-corrected chi connectivity index (χ2v) is 6.93. The third-order valence-corrected chi connectivity index (χ3v) is 4.23. The standard InChI is InChI=1S/C18H29N3O.2ClH/c1-14(15-8-5-4-6-9-15)21-18(2,3)13-20-17(22)12-16-10-7-11-19-16;;/h4-6,8-9,14,16,19,21H,7,10-13H2,1-3H3,(H,20,22);2*1H. The summed E-state index contributed by atoms with van der Waals surface area (Å²) >= 11 is 0. The van der Waals surface area contributed by atoms with Crippen LogP contribution in [0.2, 0.25) is 0 Å². The summed E-state index contributed by atoms with van der Waals surface area (Å²) in [5.41, 5.74) is 1.12. The van der Waals surface area contributed by atoms with Crippen LogP contribution in [0, 0.1) is 0 Å². The van der Waals surface area contributed by atoms with E-state index in [1.165, 1.54) is 12.0 Å². The number of rotatable bonds is 7. The molecule has 2 atom stereocenters. The summed E-state index contributed by atoms with van der Waals surface area (Å²) in [6.45, 7) is 8.08. The first kappa shape index (κ1) is 23.2. The van der Waals surface area contributed by atoms with Gasteiger partial charge in [0.25, 0.3) is 0 Å². The molecule has 0 spiro atoms. The Kier molecular flexibility index (Phi) is 10.6. The molecule has 1 aromatic rings. The van der Waals surface area contributed by atoms with E-state index in [1.54, 1.807) is 0 Å². The van der Waals surface area contributed by atoms with Gasteiger partial charge in [-0.3, -0.25) is 4.79 Å². The van der Waals surface area contributed by atoms with Gasteiger partial charge in [-0.15, -0.1) is 24.8 Å². The average Bonchev–Trinajstić information content (AvgIpc) is 2.99. The Morgan fingerprint density at radius 1 is 1.29 bits per heavy atom. The van der Waals surface area contributed by atoms with E-state index in [0.29, 0.717) is 19.0 Å². The van der Waals surface area contributed by atoms with Gasteiger partial charge < -0.3 is 16.0 Å². The number of nitrogens with one attached hydrogen (secondary N) is 3. The highest BCUT2D eigenvalue weighted by atomic mass is 35.5. The minimum atomic E-state index is -0.145. The van der Waals surface area contributed by atoms with Crippen LogP contribution in [0.5, 0.6) is 0 Å². The number of benzene rings is 1. The van der Waals surface area contributed by atoms with Gasteiger partial charge >= 0.3 is 0 Å². The third-order valence-electron chi connectivity index (χ3n) is 4.23. The van der Waals surface area contributed by atoms with E-state index in [1.807, 2.05) is 6.07 Å². The Balaban J connectivity index is 0.00000264. The number of halogens is 2. The maximum atomic E-state index is 12.0. The van der Waals surface area contributed by atoms with Gasteiger partial charge in [-0.05, 0) is 45.7 Å². The first-order valence-electron chi connectivity index (χ1n) is 8.29. The molecule has 1 amide bonds. The molecule has 1 heterocycles. The van der Waals surface area contributed by atoms with Gasteiger partial charge in [0.05, 0.1) is 0 Å². The number of hydrogen-bond donors (Lipinski definition) is 3. The van der Waals surface area contributed by atoms with Crippen LogP contribution in [0.1, 0.15) is 51.6 Å². The largest absolute Gasteiger partial charge is 0.354 e. The Labute approximate surface area is 158 Å². The van der Waals surface area contributed by atoms with E-state index >= 15 is 0 Å². The highest BCUT2D eigenvalue weighted by molar-refractivity contribution is 5.85. The van der Waals surface area contributed by atoms with Crippen molar-refractivity contribution in [1.82, 2.24) is 16.0 Å². The van der Waals surface area contributed by atoms with Crippen LogP contribution < -0.4 is 16.0 Å². The summed E-state index contributed by atoms with van der Waals surface area (Å²) in [5.74, 6) is 0.140. The zero-order chi connectivity index (χ0) is 16.0. The highest BCUT2D eigenvalue weighted by Crippen LogP contribution is 2.16. The molecule has 1 aliphatic rings. The van der Waals surface area contributed by atoms with Crippen molar-refractivity contribution in [2.75, 3.05) is 13.1 Å². The van der Waals surface area contributed by atoms with Crippen molar-refractivity contribution in [3.05, 3.63) is 35.9 Å². The molecule has 0 saturated carbocycles. The van der Waals surface area contributed by atoms with Crippen LogP contribution in [0.3, 0.4) is 0 Å². The van der Waals surface area contributed by atoms with Crippen molar-refractivity contribution in [2.24, 2.45) is 0 Å². The van der Waals surface area contributed by atoms with Gasteiger partial charge in [0, 0.05) is 30.6 Å². The summed E-state index contributed by atoms with van der Waals surface area (Å²) in [5, 5.41) is 10.0. The summed E-state index contributed by atoms with van der Waals surface area (Å²) in [6, 6.07) is 11.0. The lowest BCUT2D eigenvalue weighted by Gasteiger charge is -2.31. The van der Waals surface area contributed by atoms with Crippen molar-refractivity contribution < 1.29 is 4.79 Å². The van der Waals surface area contributed by atoms with Crippen LogP contribution in [-0.2, 0) is 4.79 Å². The maximum absolute atomic E-state index is 12.0. The molecule has 4 nitrogen and oxygen atoms in total. The van der Waals surface area contributed by atoms with Crippen LogP contribution >= 0.6 is 24.8 Å². The van der Waals surface area contributed by atoms with Crippen LogP contribution in [0.15, 0.2) is 30.3 Å². The molecule has 0 bridgehead atoms. The maximum Gasteiger partial charge on any atom is 0.221 e. The molecule has 6 heteroatoms. The van der Waals surface area contributed by atoms with E-state index in [0.717, 1.165) is 13.0 Å². The van der Waals surface area contributed by atoms with Crippen molar-refractivity contribution in [3.63, 3.8) is 0 Å². The van der Waals surface area contributed by atoms with Crippen molar-refractivity contribution in [2.45, 2.75) is 57.7 Å². The molecule has 3 N–H and O–H groups in total. The average molecular weight is 376 g/mol. The number of carbonyl (C=O) groups is 1. The van der Waals surface area contributed by atoms with Gasteiger partial charge in [-0.2, -0.15) is 0 Å². The van der Waals surface area contributed by atoms with Crippen molar-refractivity contribution in [1.29, 1.82) is 0 Å². The van der Waals surface area contributed by atoms with E-state index in [4.69, 9.17) is 0 Å². The predicted molar refractivity (Wildman–Crippen MR) is 105 cm³/mol. The first-order chi connectivity index (χ1) is 10.5. The first-order valence-corrected chi connectivity index (χ1v) is 8.29. The van der Waals surface area contributed by atoms with Gasteiger partial charge in [0.15, 0.2) is 0 Å². The lowest BCUT2D eigenvalue weighted by atomic mass is 10.0. The molecular weight excluding hydrogens is 345 g/mol. The van der Waals surface area contributed by atoms with Gasteiger partial charge in [-0.1, -0.05) is 30.3 Å². The van der Waals surface area contributed by atoms with E-state index in [2.05, 4.69) is 61.0 Å². The summed E-state index contributed by atoms with van der Waals surface area (Å²) in [7, 11) is 0. The minimum absolute atomic E-state index is 0. The van der Waals surface area contributed by atoms with Gasteiger partial charge in [0.1, 0.15) is 0 Å². The second-order valence-electron chi connectivity index (χ2n) is 6.93. The lowest BCUT2D eigenvalue weighted by molar-refractivity contribution is -0.121. The predicted octanol–water partition coefficient (Wildman–Crippen LogP) is 3.22. The third kappa shape index (κ3) is 7.84. The molecule has 0 aromatic heterocycles. The number of amides is 1. The smallest absolute Gasteiger partial charge is 0.221 e. The zero-order valence-electron chi connectivity index (χ0n) is 14.8. The van der Waals surface area contributed by atoms with Crippen LogP contribution in [0.25, 0.3) is 0 Å². The second kappa shape index (κ2) is 10.9. The molecule has 0 radical (unpaired) electrons. The number of hydrogen-bond acceptors (Lipinski definition) is 3. The molecule has 1 aliphatic heterocycles. The van der Waals surface area contributed by atoms with Crippen molar-refractivity contribution in [3.8, 4) is 0 Å². The summed E-state index contributed by atoms with van der Waals surface area (Å²) < 4.78 is 0. The minimum Gasteiger partial charge on any atom is -0.354 e. The fourth-order valence-corrected chi connectivity index (χ4v) is 3.01. The van der Waals surface area contributed by atoms with E-state index in [9.17, 15) is 4.79 Å². The molecule has 1 saturated heterocycles. The van der Waals surface area contributed by atoms with Crippen LogP contribution in [-0.4, -0.2) is 30.6 Å². The lowest BCUT2D eigenvalue weighted by Crippen LogP contribution is -2.50.